The second kappa shape index (κ2) is 10.4. The van der Waals surface area contributed by atoms with Crippen LogP contribution in [-0.2, 0) is 26.2 Å². The topological polar surface area (TPSA) is 118 Å². The zero-order valence-electron chi connectivity index (χ0n) is 15.9. The zero-order valence-corrected chi connectivity index (χ0v) is 16.7. The van der Waals surface area contributed by atoms with Gasteiger partial charge in [-0.05, 0) is 44.5 Å². The average Bonchev–Trinajstić information content (AvgIpc) is 3.16. The number of nitrogens with one attached hydrogen (secondary N) is 2. The Bertz CT molecular complexity index is 832. The standard InChI is InChI=1S/C19H26N2O6S/c1-14-6-8-17(9-7-14)28(24,25)21-18(15(2)22)19(23)20-10-4-11-26-13-16-5-3-12-27-16/h3,5-9,12,15,18,21-22H,4,10-11,13H2,1-2H3,(H,20,23)/t15-,18-/m0/s1. The monoisotopic (exact) mass is 410 g/mol. The van der Waals surface area contributed by atoms with Gasteiger partial charge in [0.25, 0.3) is 0 Å². The predicted octanol–water partition coefficient (Wildman–Crippen LogP) is 1.34. The van der Waals surface area contributed by atoms with Crippen molar-refractivity contribution in [1.82, 2.24) is 10.0 Å². The van der Waals surface area contributed by atoms with Gasteiger partial charge in [0, 0.05) is 13.2 Å². The van der Waals surface area contributed by atoms with Crippen LogP contribution < -0.4 is 10.0 Å². The van der Waals surface area contributed by atoms with Crippen molar-refractivity contribution in [1.29, 1.82) is 0 Å². The molecule has 0 saturated carbocycles. The van der Waals surface area contributed by atoms with Crippen molar-refractivity contribution in [3.05, 3.63) is 54.0 Å². The molecule has 0 aliphatic carbocycles. The molecule has 2 aromatic rings. The lowest BCUT2D eigenvalue weighted by molar-refractivity contribution is -0.125. The summed E-state index contributed by atoms with van der Waals surface area (Å²) >= 11 is 0. The molecule has 154 valence electrons. The van der Waals surface area contributed by atoms with Crippen molar-refractivity contribution >= 4 is 15.9 Å². The van der Waals surface area contributed by atoms with E-state index < -0.39 is 28.1 Å². The Morgan fingerprint density at radius 3 is 2.57 bits per heavy atom. The highest BCUT2D eigenvalue weighted by Crippen LogP contribution is 2.11. The molecule has 2 atom stereocenters. The van der Waals surface area contributed by atoms with Crippen LogP contribution in [0.4, 0.5) is 0 Å². The molecule has 0 spiro atoms. The van der Waals surface area contributed by atoms with Crippen LogP contribution in [0.2, 0.25) is 0 Å². The van der Waals surface area contributed by atoms with Gasteiger partial charge in [-0.1, -0.05) is 17.7 Å². The number of ether oxygens (including phenoxy) is 1. The Balaban J connectivity index is 1.81. The number of benzene rings is 1. The Morgan fingerprint density at radius 1 is 1.25 bits per heavy atom. The van der Waals surface area contributed by atoms with Gasteiger partial charge in [-0.3, -0.25) is 4.79 Å². The van der Waals surface area contributed by atoms with Crippen LogP contribution in [0.5, 0.6) is 0 Å². The predicted molar refractivity (Wildman–Crippen MR) is 103 cm³/mol. The first kappa shape index (κ1) is 22.1. The first-order valence-corrected chi connectivity index (χ1v) is 10.4. The largest absolute Gasteiger partial charge is 0.467 e. The van der Waals surface area contributed by atoms with Crippen molar-refractivity contribution in [3.8, 4) is 0 Å². The van der Waals surface area contributed by atoms with Gasteiger partial charge in [-0.25, -0.2) is 8.42 Å². The average molecular weight is 410 g/mol. The first-order valence-electron chi connectivity index (χ1n) is 8.94. The molecule has 0 aliphatic rings. The van der Waals surface area contributed by atoms with E-state index in [0.29, 0.717) is 25.4 Å². The quantitative estimate of drug-likeness (QED) is 0.481. The van der Waals surface area contributed by atoms with E-state index in [1.165, 1.54) is 19.1 Å². The minimum atomic E-state index is -3.94. The Morgan fingerprint density at radius 2 is 1.96 bits per heavy atom. The van der Waals surface area contributed by atoms with Crippen LogP contribution in [0.3, 0.4) is 0 Å². The number of amides is 1. The van der Waals surface area contributed by atoms with E-state index in [-0.39, 0.29) is 11.4 Å². The van der Waals surface area contributed by atoms with Crippen molar-refractivity contribution in [2.24, 2.45) is 0 Å². The Hall–Kier alpha value is -2.20. The zero-order chi connectivity index (χ0) is 20.6. The molecule has 1 heterocycles. The van der Waals surface area contributed by atoms with E-state index in [2.05, 4.69) is 10.0 Å². The molecule has 0 unspecified atom stereocenters. The van der Waals surface area contributed by atoms with E-state index in [1.54, 1.807) is 30.5 Å². The lowest BCUT2D eigenvalue weighted by Crippen LogP contribution is -2.52. The summed E-state index contributed by atoms with van der Waals surface area (Å²) in [7, 11) is -3.94. The summed E-state index contributed by atoms with van der Waals surface area (Å²) in [5.41, 5.74) is 0.915. The van der Waals surface area contributed by atoms with Crippen molar-refractivity contribution in [2.45, 2.75) is 43.9 Å². The normalized spacial score (nSPS) is 13.8. The molecular formula is C19H26N2O6S. The van der Waals surface area contributed by atoms with Crippen molar-refractivity contribution in [2.75, 3.05) is 13.2 Å². The van der Waals surface area contributed by atoms with E-state index in [9.17, 15) is 18.3 Å². The van der Waals surface area contributed by atoms with Crippen LogP contribution in [0.1, 0.15) is 24.7 Å². The lowest BCUT2D eigenvalue weighted by atomic mass is 10.2. The van der Waals surface area contributed by atoms with E-state index >= 15 is 0 Å². The van der Waals surface area contributed by atoms with Crippen LogP contribution in [0.15, 0.2) is 52.0 Å². The smallest absolute Gasteiger partial charge is 0.241 e. The molecule has 0 bridgehead atoms. The summed E-state index contributed by atoms with van der Waals surface area (Å²) in [5.74, 6) is 0.112. The number of aryl methyl sites for hydroxylation is 1. The molecule has 9 heteroatoms. The van der Waals surface area contributed by atoms with Gasteiger partial charge >= 0.3 is 0 Å². The Kier molecular flexibility index (Phi) is 8.18. The third-order valence-corrected chi connectivity index (χ3v) is 5.42. The number of hydrogen-bond donors (Lipinski definition) is 3. The third-order valence-electron chi connectivity index (χ3n) is 3.97. The number of carbonyl (C=O) groups is 1. The van der Waals surface area contributed by atoms with Gasteiger partial charge in [-0.15, -0.1) is 0 Å². The summed E-state index contributed by atoms with van der Waals surface area (Å²) in [6.45, 7) is 4.22. The fourth-order valence-electron chi connectivity index (χ4n) is 2.39. The second-order valence-electron chi connectivity index (χ2n) is 6.43. The van der Waals surface area contributed by atoms with E-state index in [1.807, 2.05) is 6.92 Å². The van der Waals surface area contributed by atoms with Gasteiger partial charge in [0.1, 0.15) is 18.4 Å². The number of aliphatic hydroxyl groups excluding tert-OH is 1. The molecule has 8 nitrogen and oxygen atoms in total. The summed E-state index contributed by atoms with van der Waals surface area (Å²) in [6, 6.07) is 8.50. The SMILES string of the molecule is Cc1ccc(S(=O)(=O)N[C@H](C(=O)NCCCOCc2ccco2)[C@H](C)O)cc1. The number of rotatable bonds is 11. The molecule has 1 amide bonds. The van der Waals surface area contributed by atoms with Crippen molar-refractivity contribution in [3.63, 3.8) is 0 Å². The fraction of sp³-hybridized carbons (Fsp3) is 0.421. The fourth-order valence-corrected chi connectivity index (χ4v) is 3.66. The summed E-state index contributed by atoms with van der Waals surface area (Å²) in [6.07, 6.45) is 0.895. The molecule has 0 saturated heterocycles. The van der Waals surface area contributed by atoms with E-state index in [4.69, 9.17) is 9.15 Å². The summed E-state index contributed by atoms with van der Waals surface area (Å²) in [5, 5.41) is 12.5. The highest BCUT2D eigenvalue weighted by atomic mass is 32.2. The third kappa shape index (κ3) is 6.75. The number of carbonyl (C=O) groups excluding carboxylic acids is 1. The lowest BCUT2D eigenvalue weighted by Gasteiger charge is -2.21. The number of aliphatic hydroxyl groups is 1. The highest BCUT2D eigenvalue weighted by Gasteiger charge is 2.29. The van der Waals surface area contributed by atoms with Gasteiger partial charge < -0.3 is 19.6 Å². The molecule has 28 heavy (non-hydrogen) atoms. The van der Waals surface area contributed by atoms with Gasteiger partial charge in [0.05, 0.1) is 17.3 Å². The maximum absolute atomic E-state index is 12.5. The van der Waals surface area contributed by atoms with Crippen LogP contribution in [0.25, 0.3) is 0 Å². The second-order valence-corrected chi connectivity index (χ2v) is 8.14. The molecule has 3 N–H and O–H groups in total. The van der Waals surface area contributed by atoms with E-state index in [0.717, 1.165) is 5.56 Å². The molecule has 0 fully saturated rings. The molecule has 0 radical (unpaired) electrons. The van der Waals surface area contributed by atoms with Gasteiger partial charge in [0.2, 0.25) is 15.9 Å². The first-order chi connectivity index (χ1) is 13.3. The Labute approximate surface area is 164 Å². The van der Waals surface area contributed by atoms with Gasteiger partial charge in [0.15, 0.2) is 0 Å². The summed E-state index contributed by atoms with van der Waals surface area (Å²) < 4.78 is 37.7. The van der Waals surface area contributed by atoms with Gasteiger partial charge in [-0.2, -0.15) is 4.72 Å². The maximum Gasteiger partial charge on any atom is 0.241 e. The van der Waals surface area contributed by atoms with Crippen molar-refractivity contribution < 1.29 is 27.5 Å². The maximum atomic E-state index is 12.5. The molecule has 1 aromatic heterocycles. The summed E-state index contributed by atoms with van der Waals surface area (Å²) in [4.78, 5) is 12.3. The molecule has 0 aliphatic heterocycles. The minimum absolute atomic E-state index is 0.0304. The van der Waals surface area contributed by atoms with Crippen LogP contribution in [0, 0.1) is 6.92 Å². The number of furan rings is 1. The molecule has 1 aromatic carbocycles. The molecular weight excluding hydrogens is 384 g/mol. The minimum Gasteiger partial charge on any atom is -0.467 e. The number of hydrogen-bond acceptors (Lipinski definition) is 6. The highest BCUT2D eigenvalue weighted by molar-refractivity contribution is 7.89. The van der Waals surface area contributed by atoms with Crippen LogP contribution >= 0.6 is 0 Å². The number of sulfonamides is 1. The molecule has 2 rings (SSSR count). The van der Waals surface area contributed by atoms with Crippen LogP contribution in [-0.4, -0.2) is 44.7 Å².